The summed E-state index contributed by atoms with van der Waals surface area (Å²) in [5, 5.41) is 4.50. The minimum Gasteiger partial charge on any atom is -0.467 e. The van der Waals surface area contributed by atoms with Gasteiger partial charge < -0.3 is 14.6 Å². The monoisotopic (exact) mass is 384 g/mol. The third kappa shape index (κ3) is 6.39. The summed E-state index contributed by atoms with van der Waals surface area (Å²) < 4.78 is 5.59. The summed E-state index contributed by atoms with van der Waals surface area (Å²) in [5.74, 6) is 0.946. The fourth-order valence-electron chi connectivity index (χ4n) is 3.76. The summed E-state index contributed by atoms with van der Waals surface area (Å²) in [7, 11) is 0. The van der Waals surface area contributed by atoms with Crippen LogP contribution in [0.4, 0.5) is 0 Å². The average Bonchev–Trinajstić information content (AvgIpc) is 3.17. The second kappa shape index (κ2) is 10.5. The Balaban J connectivity index is 1.66. The molecule has 0 bridgehead atoms. The quantitative estimate of drug-likeness (QED) is 0.634. The molecule has 1 N–H and O–H groups in total. The maximum Gasteiger partial charge on any atom is 0.169 e. The third-order valence-electron chi connectivity index (χ3n) is 5.45. The Bertz CT molecular complexity index is 673. The van der Waals surface area contributed by atoms with Crippen molar-refractivity contribution in [3.05, 3.63) is 59.5 Å². The van der Waals surface area contributed by atoms with Gasteiger partial charge in [0.15, 0.2) is 5.11 Å². The smallest absolute Gasteiger partial charge is 0.169 e. The molecule has 0 aliphatic heterocycles. The second-order valence-electron chi connectivity index (χ2n) is 7.60. The summed E-state index contributed by atoms with van der Waals surface area (Å²) >= 11 is 5.83. The predicted molar refractivity (Wildman–Crippen MR) is 116 cm³/mol. The third-order valence-corrected chi connectivity index (χ3v) is 5.83. The fraction of sp³-hybridized carbons (Fsp3) is 0.522. The lowest BCUT2D eigenvalue weighted by molar-refractivity contribution is 0.338. The van der Waals surface area contributed by atoms with E-state index in [0.717, 1.165) is 23.8 Å². The molecule has 1 aromatic carbocycles. The summed E-state index contributed by atoms with van der Waals surface area (Å²) in [6.45, 7) is 3.68. The van der Waals surface area contributed by atoms with E-state index in [0.29, 0.717) is 12.6 Å². The zero-order chi connectivity index (χ0) is 18.9. The van der Waals surface area contributed by atoms with Gasteiger partial charge in [-0.2, -0.15) is 0 Å². The van der Waals surface area contributed by atoms with Crippen LogP contribution in [0.5, 0.6) is 0 Å². The van der Waals surface area contributed by atoms with Crippen LogP contribution in [0.25, 0.3) is 0 Å². The second-order valence-corrected chi connectivity index (χ2v) is 7.98. The number of benzene rings is 1. The van der Waals surface area contributed by atoms with E-state index in [-0.39, 0.29) is 0 Å². The SMILES string of the molecule is CCc1ccc(CN(Cc2ccco2)C(=S)NC2CCCCCCC2)cc1. The molecule has 3 rings (SSSR count). The molecule has 0 unspecified atom stereocenters. The number of aryl methyl sites for hydroxylation is 1. The molecule has 0 saturated heterocycles. The standard InChI is InChI=1S/C23H32N2OS/c1-2-19-12-14-20(15-13-19)17-25(18-22-11-8-16-26-22)23(27)24-21-9-6-4-3-5-7-10-21/h8,11-16,21H,2-7,9-10,17-18H2,1H3,(H,24,27). The normalized spacial score (nSPS) is 15.7. The first kappa shape index (κ1) is 19.9. The molecule has 3 nitrogen and oxygen atoms in total. The first-order valence-corrected chi connectivity index (χ1v) is 10.8. The van der Waals surface area contributed by atoms with Crippen LogP contribution in [0.15, 0.2) is 47.1 Å². The van der Waals surface area contributed by atoms with E-state index in [2.05, 4.69) is 41.4 Å². The van der Waals surface area contributed by atoms with Gasteiger partial charge in [0.1, 0.15) is 5.76 Å². The van der Waals surface area contributed by atoms with Crippen LogP contribution in [-0.4, -0.2) is 16.1 Å². The fourth-order valence-corrected chi connectivity index (χ4v) is 4.05. The first-order chi connectivity index (χ1) is 13.2. The summed E-state index contributed by atoms with van der Waals surface area (Å²) in [5.41, 5.74) is 2.65. The number of furan rings is 1. The van der Waals surface area contributed by atoms with Gasteiger partial charge in [-0.25, -0.2) is 0 Å². The summed E-state index contributed by atoms with van der Waals surface area (Å²) in [4.78, 5) is 2.23. The topological polar surface area (TPSA) is 28.4 Å². The summed E-state index contributed by atoms with van der Waals surface area (Å²) in [6.07, 6.45) is 11.9. The largest absolute Gasteiger partial charge is 0.467 e. The first-order valence-electron chi connectivity index (χ1n) is 10.4. The van der Waals surface area contributed by atoms with Crippen LogP contribution in [0.1, 0.15) is 68.8 Å². The molecule has 1 aliphatic carbocycles. The van der Waals surface area contributed by atoms with Gasteiger partial charge in [0.05, 0.1) is 12.8 Å². The van der Waals surface area contributed by atoms with Crippen LogP contribution >= 0.6 is 12.2 Å². The van der Waals surface area contributed by atoms with Crippen LogP contribution in [-0.2, 0) is 19.5 Å². The van der Waals surface area contributed by atoms with E-state index in [1.807, 2.05) is 12.1 Å². The molecule has 2 aromatic rings. The molecule has 1 aliphatic rings. The highest BCUT2D eigenvalue weighted by molar-refractivity contribution is 7.80. The van der Waals surface area contributed by atoms with Gasteiger partial charge in [0.25, 0.3) is 0 Å². The molecule has 1 heterocycles. The van der Waals surface area contributed by atoms with Crippen molar-refractivity contribution in [2.45, 2.75) is 77.4 Å². The maximum atomic E-state index is 5.83. The minimum atomic E-state index is 0.499. The molecule has 4 heteroatoms. The van der Waals surface area contributed by atoms with Gasteiger partial charge in [-0.1, -0.05) is 63.3 Å². The number of nitrogens with one attached hydrogen (secondary N) is 1. The number of rotatable bonds is 6. The van der Waals surface area contributed by atoms with Gasteiger partial charge in [-0.15, -0.1) is 0 Å². The molecule has 146 valence electrons. The van der Waals surface area contributed by atoms with E-state index in [4.69, 9.17) is 16.6 Å². The Labute approximate surface area is 169 Å². The molecule has 0 atom stereocenters. The Morgan fingerprint density at radius 3 is 2.30 bits per heavy atom. The van der Waals surface area contributed by atoms with E-state index in [9.17, 15) is 0 Å². The van der Waals surface area contributed by atoms with Crippen LogP contribution in [0.3, 0.4) is 0 Å². The number of hydrogen-bond acceptors (Lipinski definition) is 2. The van der Waals surface area contributed by atoms with Gasteiger partial charge in [-0.05, 0) is 54.7 Å². The van der Waals surface area contributed by atoms with Crippen molar-refractivity contribution in [3.63, 3.8) is 0 Å². The highest BCUT2D eigenvalue weighted by atomic mass is 32.1. The van der Waals surface area contributed by atoms with Crippen LogP contribution in [0.2, 0.25) is 0 Å². The van der Waals surface area contributed by atoms with Gasteiger partial charge >= 0.3 is 0 Å². The Kier molecular flexibility index (Phi) is 7.76. The lowest BCUT2D eigenvalue weighted by Crippen LogP contribution is -2.44. The van der Waals surface area contributed by atoms with E-state index >= 15 is 0 Å². The summed E-state index contributed by atoms with van der Waals surface area (Å²) in [6, 6.07) is 13.3. The van der Waals surface area contributed by atoms with E-state index < -0.39 is 0 Å². The highest BCUT2D eigenvalue weighted by Crippen LogP contribution is 2.18. The van der Waals surface area contributed by atoms with Crippen molar-refractivity contribution >= 4 is 17.3 Å². The van der Waals surface area contributed by atoms with Crippen molar-refractivity contribution in [1.82, 2.24) is 10.2 Å². The van der Waals surface area contributed by atoms with Gasteiger partial charge in [0, 0.05) is 12.6 Å². The highest BCUT2D eigenvalue weighted by Gasteiger charge is 2.17. The lowest BCUT2D eigenvalue weighted by Gasteiger charge is -2.29. The Morgan fingerprint density at radius 1 is 1.00 bits per heavy atom. The van der Waals surface area contributed by atoms with Crippen LogP contribution in [0, 0.1) is 0 Å². The average molecular weight is 385 g/mol. The number of thiocarbonyl (C=S) groups is 1. The predicted octanol–water partition coefficient (Wildman–Crippen LogP) is 5.83. The molecule has 0 amide bonds. The van der Waals surface area contributed by atoms with E-state index in [1.54, 1.807) is 6.26 Å². The Morgan fingerprint density at radius 2 is 1.67 bits per heavy atom. The minimum absolute atomic E-state index is 0.499. The molecular weight excluding hydrogens is 352 g/mol. The van der Waals surface area contributed by atoms with Crippen molar-refractivity contribution in [2.24, 2.45) is 0 Å². The van der Waals surface area contributed by atoms with Crippen molar-refractivity contribution in [2.75, 3.05) is 0 Å². The number of hydrogen-bond donors (Lipinski definition) is 1. The zero-order valence-electron chi connectivity index (χ0n) is 16.5. The number of nitrogens with zero attached hydrogens (tertiary/aromatic N) is 1. The van der Waals surface area contributed by atoms with Crippen molar-refractivity contribution < 1.29 is 4.42 Å². The zero-order valence-corrected chi connectivity index (χ0v) is 17.3. The molecular formula is C23H32N2OS. The van der Waals surface area contributed by atoms with E-state index in [1.165, 1.54) is 56.1 Å². The lowest BCUT2D eigenvalue weighted by atomic mass is 9.97. The molecule has 0 spiro atoms. The van der Waals surface area contributed by atoms with Gasteiger partial charge in [-0.3, -0.25) is 0 Å². The molecule has 1 fully saturated rings. The Hall–Kier alpha value is -1.81. The molecule has 0 radical (unpaired) electrons. The van der Waals surface area contributed by atoms with Crippen molar-refractivity contribution in [3.8, 4) is 0 Å². The molecule has 1 saturated carbocycles. The molecule has 1 aromatic heterocycles. The van der Waals surface area contributed by atoms with Crippen LogP contribution < -0.4 is 5.32 Å². The molecule has 27 heavy (non-hydrogen) atoms. The maximum absolute atomic E-state index is 5.83. The van der Waals surface area contributed by atoms with Crippen molar-refractivity contribution in [1.29, 1.82) is 0 Å². The van der Waals surface area contributed by atoms with Gasteiger partial charge in [0.2, 0.25) is 0 Å².